The van der Waals surface area contributed by atoms with Crippen LogP contribution in [0.3, 0.4) is 0 Å². The molecule has 0 aliphatic carbocycles. The van der Waals surface area contributed by atoms with Crippen molar-refractivity contribution in [3.63, 3.8) is 0 Å². The van der Waals surface area contributed by atoms with E-state index in [1.807, 2.05) is 12.1 Å². The van der Waals surface area contributed by atoms with Crippen molar-refractivity contribution in [3.05, 3.63) is 52.2 Å². The molecule has 0 N–H and O–H groups in total. The van der Waals surface area contributed by atoms with Crippen LogP contribution in [0, 0.1) is 0 Å². The molecule has 21 heavy (non-hydrogen) atoms. The van der Waals surface area contributed by atoms with Gasteiger partial charge >= 0.3 is 0 Å². The maximum Gasteiger partial charge on any atom is 0.188 e. The van der Waals surface area contributed by atoms with Crippen LogP contribution in [-0.4, -0.2) is 20.0 Å². The molecule has 3 nitrogen and oxygen atoms in total. The number of ketones is 1. The normalized spacial score (nSPS) is 12.3. The number of benzene rings is 1. The number of hydrogen-bond donors (Lipinski definition) is 0. The number of hydrogen-bond acceptors (Lipinski definition) is 4. The quantitative estimate of drug-likeness (QED) is 0.806. The van der Waals surface area contributed by atoms with E-state index in [9.17, 15) is 13.2 Å². The molecule has 0 saturated heterocycles. The minimum atomic E-state index is -3.59. The zero-order chi connectivity index (χ0) is 15.7. The third-order valence-electron chi connectivity index (χ3n) is 3.20. The predicted molar refractivity (Wildman–Crippen MR) is 85.8 cm³/mol. The summed E-state index contributed by atoms with van der Waals surface area (Å²) in [6.07, 6.45) is 0. The Hall–Kier alpha value is -1.46. The molecule has 5 heteroatoms. The van der Waals surface area contributed by atoms with Gasteiger partial charge in [-0.05, 0) is 34.6 Å². The topological polar surface area (TPSA) is 51.2 Å². The highest BCUT2D eigenvalue weighted by Gasteiger charge is 2.22. The highest BCUT2D eigenvalue weighted by Crippen LogP contribution is 2.24. The third kappa shape index (κ3) is 3.80. The molecule has 1 aromatic heterocycles. The highest BCUT2D eigenvalue weighted by atomic mass is 32.2. The van der Waals surface area contributed by atoms with E-state index >= 15 is 0 Å². The van der Waals surface area contributed by atoms with Crippen LogP contribution in [-0.2, 0) is 15.3 Å². The number of carbonyl (C=O) groups excluding carboxylic acids is 1. The SMILES string of the molecule is CC(C)(C)c1ccc(S(=O)(=O)CC(=O)c2cccs2)cc1. The molecular weight excluding hydrogens is 304 g/mol. The minimum absolute atomic E-state index is 0.0327. The second kappa shape index (κ2) is 5.73. The van der Waals surface area contributed by atoms with Gasteiger partial charge < -0.3 is 0 Å². The van der Waals surface area contributed by atoms with E-state index in [0.29, 0.717) is 4.88 Å². The average Bonchev–Trinajstić information content (AvgIpc) is 2.91. The van der Waals surface area contributed by atoms with Crippen molar-refractivity contribution in [2.75, 3.05) is 5.75 Å². The van der Waals surface area contributed by atoms with Gasteiger partial charge in [0.2, 0.25) is 0 Å². The van der Waals surface area contributed by atoms with E-state index < -0.39 is 15.6 Å². The lowest BCUT2D eigenvalue weighted by molar-refractivity contribution is 0.102. The Morgan fingerprint density at radius 1 is 1.10 bits per heavy atom. The molecule has 0 aliphatic heterocycles. The first-order valence-electron chi connectivity index (χ1n) is 6.60. The van der Waals surface area contributed by atoms with Gasteiger partial charge in [-0.1, -0.05) is 39.0 Å². The first kappa shape index (κ1) is 15.9. The second-order valence-corrected chi connectivity index (χ2v) is 8.87. The summed E-state index contributed by atoms with van der Waals surface area (Å²) in [5, 5.41) is 1.76. The van der Waals surface area contributed by atoms with Crippen LogP contribution in [0.2, 0.25) is 0 Å². The van der Waals surface area contributed by atoms with Gasteiger partial charge in [-0.2, -0.15) is 0 Å². The van der Waals surface area contributed by atoms with Crippen LogP contribution in [0.15, 0.2) is 46.7 Å². The van der Waals surface area contributed by atoms with Crippen molar-refractivity contribution in [2.45, 2.75) is 31.1 Å². The first-order chi connectivity index (χ1) is 9.70. The average molecular weight is 322 g/mol. The Labute approximate surface area is 129 Å². The number of carbonyl (C=O) groups is 1. The predicted octanol–water partition coefficient (Wildman–Crippen LogP) is 3.70. The second-order valence-electron chi connectivity index (χ2n) is 5.93. The van der Waals surface area contributed by atoms with Crippen molar-refractivity contribution >= 4 is 27.0 Å². The van der Waals surface area contributed by atoms with E-state index in [1.165, 1.54) is 11.3 Å². The van der Waals surface area contributed by atoms with Crippen LogP contribution < -0.4 is 0 Å². The molecule has 0 unspecified atom stereocenters. The molecule has 0 saturated carbocycles. The molecule has 0 bridgehead atoms. The lowest BCUT2D eigenvalue weighted by atomic mass is 9.87. The summed E-state index contributed by atoms with van der Waals surface area (Å²) in [6.45, 7) is 6.20. The smallest absolute Gasteiger partial charge is 0.188 e. The molecule has 0 aliphatic rings. The molecule has 0 fully saturated rings. The van der Waals surface area contributed by atoms with Crippen LogP contribution in [0.5, 0.6) is 0 Å². The van der Waals surface area contributed by atoms with E-state index in [2.05, 4.69) is 20.8 Å². The van der Waals surface area contributed by atoms with E-state index in [4.69, 9.17) is 0 Å². The van der Waals surface area contributed by atoms with E-state index in [0.717, 1.165) is 5.56 Å². The van der Waals surface area contributed by atoms with Gasteiger partial charge in [0.25, 0.3) is 0 Å². The molecule has 0 spiro atoms. The summed E-state index contributed by atoms with van der Waals surface area (Å²) in [4.78, 5) is 12.6. The Balaban J connectivity index is 2.22. The lowest BCUT2D eigenvalue weighted by Gasteiger charge is -2.19. The van der Waals surface area contributed by atoms with Gasteiger partial charge in [-0.15, -0.1) is 11.3 Å². The van der Waals surface area contributed by atoms with Crippen molar-refractivity contribution in [1.29, 1.82) is 0 Å². The van der Waals surface area contributed by atoms with Gasteiger partial charge in [0.1, 0.15) is 5.75 Å². The summed E-state index contributed by atoms with van der Waals surface area (Å²) < 4.78 is 24.6. The minimum Gasteiger partial charge on any atom is -0.292 e. The van der Waals surface area contributed by atoms with Crippen LogP contribution in [0.1, 0.15) is 36.0 Å². The molecule has 112 valence electrons. The maximum atomic E-state index is 12.3. The summed E-state index contributed by atoms with van der Waals surface area (Å²) >= 11 is 1.26. The lowest BCUT2D eigenvalue weighted by Crippen LogP contribution is -2.16. The van der Waals surface area contributed by atoms with E-state index in [-0.39, 0.29) is 16.1 Å². The van der Waals surface area contributed by atoms with Gasteiger partial charge in [0, 0.05) is 0 Å². The zero-order valence-electron chi connectivity index (χ0n) is 12.3. The van der Waals surface area contributed by atoms with Gasteiger partial charge in [0.15, 0.2) is 15.6 Å². The number of sulfone groups is 1. The van der Waals surface area contributed by atoms with Gasteiger partial charge in [-0.25, -0.2) is 8.42 Å². The largest absolute Gasteiger partial charge is 0.292 e. The Morgan fingerprint density at radius 3 is 2.19 bits per heavy atom. The number of thiophene rings is 1. The van der Waals surface area contributed by atoms with Crippen molar-refractivity contribution < 1.29 is 13.2 Å². The molecule has 1 aromatic carbocycles. The summed E-state index contributed by atoms with van der Waals surface area (Å²) in [5.74, 6) is -0.840. The van der Waals surface area contributed by atoms with Crippen molar-refractivity contribution in [3.8, 4) is 0 Å². The zero-order valence-corrected chi connectivity index (χ0v) is 13.9. The summed E-state index contributed by atoms with van der Waals surface area (Å²) in [6, 6.07) is 10.2. The standard InChI is InChI=1S/C16H18O3S2/c1-16(2,3)12-6-8-13(9-7-12)21(18,19)11-14(17)15-5-4-10-20-15/h4-10H,11H2,1-3H3. The molecule has 2 rings (SSSR count). The highest BCUT2D eigenvalue weighted by molar-refractivity contribution is 7.92. The fourth-order valence-corrected chi connectivity index (χ4v) is 3.90. The van der Waals surface area contributed by atoms with E-state index in [1.54, 1.807) is 29.6 Å². The van der Waals surface area contributed by atoms with Crippen LogP contribution in [0.4, 0.5) is 0 Å². The fraction of sp³-hybridized carbons (Fsp3) is 0.312. The number of Topliss-reactive ketones (excluding diaryl/α,β-unsaturated/α-hetero) is 1. The third-order valence-corrected chi connectivity index (χ3v) is 5.74. The Kier molecular flexibility index (Phi) is 4.35. The molecule has 2 aromatic rings. The maximum absolute atomic E-state index is 12.3. The van der Waals surface area contributed by atoms with Gasteiger partial charge in [0.05, 0.1) is 9.77 Å². The Morgan fingerprint density at radius 2 is 1.71 bits per heavy atom. The molecule has 0 atom stereocenters. The first-order valence-corrected chi connectivity index (χ1v) is 9.13. The van der Waals surface area contributed by atoms with Crippen molar-refractivity contribution in [2.24, 2.45) is 0 Å². The monoisotopic (exact) mass is 322 g/mol. The molecule has 0 amide bonds. The molecule has 0 radical (unpaired) electrons. The molecular formula is C16H18O3S2. The van der Waals surface area contributed by atoms with Crippen LogP contribution in [0.25, 0.3) is 0 Å². The molecule has 1 heterocycles. The van der Waals surface area contributed by atoms with Gasteiger partial charge in [-0.3, -0.25) is 4.79 Å². The fourth-order valence-electron chi connectivity index (χ4n) is 1.93. The van der Waals surface area contributed by atoms with Crippen LogP contribution >= 0.6 is 11.3 Å². The summed E-state index contributed by atoms with van der Waals surface area (Å²) in [7, 11) is -3.59. The Bertz CT molecular complexity index is 719. The number of rotatable bonds is 4. The summed E-state index contributed by atoms with van der Waals surface area (Å²) in [5.41, 5.74) is 1.03. The van der Waals surface area contributed by atoms with Crippen molar-refractivity contribution in [1.82, 2.24) is 0 Å².